The molecule has 27 heavy (non-hydrogen) atoms. The number of rotatable bonds is 7. The van der Waals surface area contributed by atoms with Crippen molar-refractivity contribution in [2.24, 2.45) is 0 Å². The molecule has 6 heteroatoms. The third-order valence-corrected chi connectivity index (χ3v) is 3.39. The van der Waals surface area contributed by atoms with Gasteiger partial charge in [0.15, 0.2) is 6.29 Å². The second kappa shape index (κ2) is 9.07. The van der Waals surface area contributed by atoms with Crippen molar-refractivity contribution in [3.05, 3.63) is 53.6 Å². The summed E-state index contributed by atoms with van der Waals surface area (Å²) in [5.41, 5.74) is 1.36. The molecule has 1 amide bonds. The van der Waals surface area contributed by atoms with Crippen molar-refractivity contribution in [1.82, 2.24) is 0 Å². The number of nitrogens with one attached hydrogen (secondary N) is 1. The van der Waals surface area contributed by atoms with Crippen molar-refractivity contribution in [2.75, 3.05) is 11.9 Å². The quantitative estimate of drug-likeness (QED) is 0.706. The van der Waals surface area contributed by atoms with Crippen molar-refractivity contribution in [3.8, 4) is 11.5 Å². The fraction of sp³-hybridized carbons (Fsp3) is 0.333. The minimum absolute atomic E-state index is 0.288. The van der Waals surface area contributed by atoms with Gasteiger partial charge in [0.05, 0.1) is 12.2 Å². The summed E-state index contributed by atoms with van der Waals surface area (Å²) in [4.78, 5) is 23.1. The maximum Gasteiger partial charge on any atom is 0.412 e. The molecule has 0 heterocycles. The van der Waals surface area contributed by atoms with E-state index in [-0.39, 0.29) is 6.61 Å². The number of ether oxygens (including phenoxy) is 3. The van der Waals surface area contributed by atoms with Gasteiger partial charge in [-0.1, -0.05) is 12.1 Å². The number of aldehydes is 1. The molecule has 0 fully saturated rings. The molecule has 144 valence electrons. The highest BCUT2D eigenvalue weighted by Gasteiger charge is 2.16. The Hall–Kier alpha value is -3.02. The Morgan fingerprint density at radius 1 is 1.11 bits per heavy atom. The first-order valence-electron chi connectivity index (χ1n) is 8.74. The Bertz CT molecular complexity index is 795. The number of hydrogen-bond acceptors (Lipinski definition) is 5. The number of anilines is 1. The van der Waals surface area contributed by atoms with Crippen LogP contribution in [0.4, 0.5) is 10.5 Å². The van der Waals surface area contributed by atoms with Crippen LogP contribution < -0.4 is 14.8 Å². The van der Waals surface area contributed by atoms with Gasteiger partial charge in [-0.25, -0.2) is 4.79 Å². The van der Waals surface area contributed by atoms with Crippen LogP contribution in [0.15, 0.2) is 42.5 Å². The molecule has 2 aromatic rings. The van der Waals surface area contributed by atoms with E-state index in [1.807, 2.05) is 19.1 Å². The Morgan fingerprint density at radius 3 is 2.56 bits per heavy atom. The summed E-state index contributed by atoms with van der Waals surface area (Å²) in [6.45, 7) is 8.05. The summed E-state index contributed by atoms with van der Waals surface area (Å²) in [5, 5.41) is 2.70. The molecule has 6 nitrogen and oxygen atoms in total. The maximum atomic E-state index is 11.9. The van der Waals surface area contributed by atoms with Gasteiger partial charge in [0.2, 0.25) is 0 Å². The third-order valence-electron chi connectivity index (χ3n) is 3.39. The van der Waals surface area contributed by atoms with E-state index in [0.29, 0.717) is 29.4 Å². The number of carbonyl (C=O) groups is 2. The van der Waals surface area contributed by atoms with Crippen molar-refractivity contribution in [2.45, 2.75) is 39.9 Å². The van der Waals surface area contributed by atoms with E-state index in [4.69, 9.17) is 14.2 Å². The lowest BCUT2D eigenvalue weighted by molar-refractivity contribution is 0.0635. The summed E-state index contributed by atoms with van der Waals surface area (Å²) in [6, 6.07) is 12.4. The minimum Gasteiger partial charge on any atom is -0.493 e. The minimum atomic E-state index is -0.561. The van der Waals surface area contributed by atoms with Gasteiger partial charge in [0, 0.05) is 5.69 Å². The van der Waals surface area contributed by atoms with Crippen LogP contribution in [-0.2, 0) is 11.3 Å². The highest BCUT2D eigenvalue weighted by molar-refractivity contribution is 5.85. The van der Waals surface area contributed by atoms with E-state index in [2.05, 4.69) is 5.32 Å². The molecule has 0 aromatic heterocycles. The number of carbonyl (C=O) groups excluding carboxylic acids is 2. The van der Waals surface area contributed by atoms with Crippen molar-refractivity contribution >= 4 is 18.1 Å². The lowest BCUT2D eigenvalue weighted by atomic mass is 10.2. The van der Waals surface area contributed by atoms with Crippen LogP contribution >= 0.6 is 0 Å². The summed E-state index contributed by atoms with van der Waals surface area (Å²) >= 11 is 0. The van der Waals surface area contributed by atoms with Gasteiger partial charge in [-0.2, -0.15) is 0 Å². The molecule has 0 bridgehead atoms. The van der Waals surface area contributed by atoms with Gasteiger partial charge in [-0.15, -0.1) is 0 Å². The maximum absolute atomic E-state index is 11.9. The monoisotopic (exact) mass is 371 g/mol. The predicted octanol–water partition coefficient (Wildman–Crippen LogP) is 4.82. The van der Waals surface area contributed by atoms with Crippen LogP contribution in [0.3, 0.4) is 0 Å². The van der Waals surface area contributed by atoms with Gasteiger partial charge in [0.25, 0.3) is 0 Å². The normalized spacial score (nSPS) is 10.8. The largest absolute Gasteiger partial charge is 0.493 e. The number of benzene rings is 2. The standard InChI is InChI=1S/C21H25NO5/c1-5-25-19-10-9-18(12-16(19)13-23)26-14-15-7-6-8-17(11-15)22-20(24)27-21(2,3)4/h6-13H,5,14H2,1-4H3,(H,22,24). The predicted molar refractivity (Wildman–Crippen MR) is 104 cm³/mol. The van der Waals surface area contributed by atoms with Gasteiger partial charge < -0.3 is 14.2 Å². The van der Waals surface area contributed by atoms with E-state index in [1.54, 1.807) is 51.1 Å². The van der Waals surface area contributed by atoms with Crippen LogP contribution in [-0.4, -0.2) is 24.6 Å². The average molecular weight is 371 g/mol. The first-order chi connectivity index (χ1) is 12.8. The van der Waals surface area contributed by atoms with Crippen molar-refractivity contribution in [1.29, 1.82) is 0 Å². The second-order valence-electron chi connectivity index (χ2n) is 6.87. The zero-order valence-electron chi connectivity index (χ0n) is 16.1. The molecule has 1 N–H and O–H groups in total. The Morgan fingerprint density at radius 2 is 1.89 bits per heavy atom. The summed E-state index contributed by atoms with van der Waals surface area (Å²) in [7, 11) is 0. The van der Waals surface area contributed by atoms with Crippen LogP contribution in [0.25, 0.3) is 0 Å². The molecule has 2 aromatic carbocycles. The van der Waals surface area contributed by atoms with Crippen LogP contribution in [0.1, 0.15) is 43.6 Å². The summed E-state index contributed by atoms with van der Waals surface area (Å²) in [5.74, 6) is 1.09. The highest BCUT2D eigenvalue weighted by Crippen LogP contribution is 2.24. The zero-order chi connectivity index (χ0) is 19.9. The highest BCUT2D eigenvalue weighted by atomic mass is 16.6. The number of amides is 1. The van der Waals surface area contributed by atoms with E-state index < -0.39 is 11.7 Å². The molecule has 0 spiro atoms. The van der Waals surface area contributed by atoms with Gasteiger partial charge in [-0.3, -0.25) is 10.1 Å². The molecule has 0 atom stereocenters. The molecule has 0 saturated heterocycles. The molecule has 0 aliphatic heterocycles. The zero-order valence-corrected chi connectivity index (χ0v) is 16.1. The fourth-order valence-corrected chi connectivity index (χ4v) is 2.32. The SMILES string of the molecule is CCOc1ccc(OCc2cccc(NC(=O)OC(C)(C)C)c2)cc1C=O. The lowest BCUT2D eigenvalue weighted by Gasteiger charge is -2.19. The van der Waals surface area contributed by atoms with Gasteiger partial charge >= 0.3 is 6.09 Å². The van der Waals surface area contributed by atoms with Crippen molar-refractivity contribution in [3.63, 3.8) is 0 Å². The molecule has 0 aliphatic rings. The van der Waals surface area contributed by atoms with Crippen LogP contribution in [0.5, 0.6) is 11.5 Å². The topological polar surface area (TPSA) is 73.9 Å². The first kappa shape index (κ1) is 20.3. The first-order valence-corrected chi connectivity index (χ1v) is 8.74. The Balaban J connectivity index is 2.00. The van der Waals surface area contributed by atoms with Crippen molar-refractivity contribution < 1.29 is 23.8 Å². The molecule has 0 radical (unpaired) electrons. The lowest BCUT2D eigenvalue weighted by Crippen LogP contribution is -2.27. The van der Waals surface area contributed by atoms with E-state index in [0.717, 1.165) is 11.8 Å². The molecule has 2 rings (SSSR count). The third kappa shape index (κ3) is 6.66. The van der Waals surface area contributed by atoms with Crippen LogP contribution in [0, 0.1) is 0 Å². The second-order valence-corrected chi connectivity index (χ2v) is 6.87. The smallest absolute Gasteiger partial charge is 0.412 e. The fourth-order valence-electron chi connectivity index (χ4n) is 2.32. The summed E-state index contributed by atoms with van der Waals surface area (Å²) < 4.78 is 16.4. The van der Waals surface area contributed by atoms with E-state index >= 15 is 0 Å². The Labute approximate surface area is 159 Å². The molecule has 0 saturated carbocycles. The number of hydrogen-bond donors (Lipinski definition) is 1. The van der Waals surface area contributed by atoms with Crippen LogP contribution in [0.2, 0.25) is 0 Å². The molecule has 0 unspecified atom stereocenters. The molecular formula is C21H25NO5. The van der Waals surface area contributed by atoms with E-state index in [9.17, 15) is 9.59 Å². The molecule has 0 aliphatic carbocycles. The van der Waals surface area contributed by atoms with E-state index in [1.165, 1.54) is 0 Å². The van der Waals surface area contributed by atoms with Gasteiger partial charge in [0.1, 0.15) is 23.7 Å². The molecular weight excluding hydrogens is 346 g/mol. The van der Waals surface area contributed by atoms with Gasteiger partial charge in [-0.05, 0) is 63.6 Å². The Kier molecular flexibility index (Phi) is 6.82. The average Bonchev–Trinajstić information content (AvgIpc) is 2.59. The summed E-state index contributed by atoms with van der Waals surface area (Å²) in [6.07, 6.45) is 0.228.